The van der Waals surface area contributed by atoms with E-state index in [4.69, 9.17) is 4.42 Å². The molecule has 512 valence electrons. The molecule has 0 fully saturated rings. The smallest absolute Gasteiger partial charge is 0.135 e. The van der Waals surface area contributed by atoms with E-state index in [1.807, 2.05) is 12.1 Å². The van der Waals surface area contributed by atoms with Gasteiger partial charge in [0.05, 0.1) is 0 Å². The van der Waals surface area contributed by atoms with Crippen LogP contribution in [0.1, 0.15) is 49.9 Å². The van der Waals surface area contributed by atoms with E-state index < -0.39 is 0 Å². The molecule has 0 saturated carbocycles. The molecule has 20 aromatic rings. The molecule has 0 atom stereocenters. The minimum absolute atomic E-state index is 0.145. The van der Waals surface area contributed by atoms with Crippen LogP contribution in [0.5, 0.6) is 0 Å². The maximum absolute atomic E-state index is 6.12. The normalized spacial score (nSPS) is 13.1. The summed E-state index contributed by atoms with van der Waals surface area (Å²) in [6.45, 7) is 9.63. The van der Waals surface area contributed by atoms with Gasteiger partial charge in [-0.15, -0.1) is 0 Å². The molecular formula is C108H74O. The van der Waals surface area contributed by atoms with Crippen LogP contribution in [0, 0.1) is 0 Å². The van der Waals surface area contributed by atoms with Crippen LogP contribution in [-0.2, 0) is 10.8 Å². The Morgan fingerprint density at radius 1 is 0.165 bits per heavy atom. The van der Waals surface area contributed by atoms with E-state index in [2.05, 4.69) is 392 Å². The Kier molecular flexibility index (Phi) is 14.7. The lowest BCUT2D eigenvalue weighted by molar-refractivity contribution is 0.668. The summed E-state index contributed by atoms with van der Waals surface area (Å²) in [6.07, 6.45) is 0. The Morgan fingerprint density at radius 2 is 0.459 bits per heavy atom. The highest BCUT2D eigenvalue weighted by Crippen LogP contribution is 2.57. The first-order chi connectivity index (χ1) is 53.6. The summed E-state index contributed by atoms with van der Waals surface area (Å²) in [7, 11) is 0. The third kappa shape index (κ3) is 10.1. The fourth-order valence-electron chi connectivity index (χ4n) is 19.4. The van der Waals surface area contributed by atoms with Crippen LogP contribution < -0.4 is 0 Å². The average molecular weight is 1390 g/mol. The van der Waals surface area contributed by atoms with Gasteiger partial charge in [-0.1, -0.05) is 367 Å². The molecule has 0 aliphatic heterocycles. The van der Waals surface area contributed by atoms with Gasteiger partial charge in [-0.25, -0.2) is 0 Å². The first kappa shape index (κ1) is 64.0. The molecule has 19 aromatic carbocycles. The molecule has 0 N–H and O–H groups in total. The Bertz CT molecular complexity index is 7030. The molecule has 0 radical (unpaired) electrons. The first-order valence-corrected chi connectivity index (χ1v) is 38.2. The maximum atomic E-state index is 6.12. The lowest BCUT2D eigenvalue weighted by Crippen LogP contribution is -2.16. The zero-order chi connectivity index (χ0) is 72.6. The predicted octanol–water partition coefficient (Wildman–Crippen LogP) is 30.1. The van der Waals surface area contributed by atoms with Crippen LogP contribution in [-0.4, -0.2) is 0 Å². The van der Waals surface area contributed by atoms with Crippen LogP contribution in [0.4, 0.5) is 0 Å². The van der Waals surface area contributed by atoms with Crippen molar-refractivity contribution in [3.63, 3.8) is 0 Å². The standard InChI is InChI=1S/C57H38O.C51H36/c1-57(2)55-41-16-4-3-13-36(41)29-31-49(55)48-23-12-22-42(56(48)57)39-14-11-15-40(33-39)54-46-20-7-5-18-44(46)53(45-19-6-8-21-47(45)54)37-27-25-35(26-28-37)38-30-32-52-50(34-38)43-17-9-10-24-51(43)58-52;1-51(2)49-39-22-7-6-17-34(39)29-30-46(49)45-28-14-27-40(50(45)51)36-19-13-21-38(32-36)48-43-25-10-8-23-41(43)47(42-24-9-11-26-44(42)48)37-20-12-18-35(31-37)33-15-4-3-5-16-33/h3-34H,1-2H3;3-32H,1-2H3. The molecule has 0 amide bonds. The average Bonchev–Trinajstić information content (AvgIpc) is 1.66. The number of furan rings is 1. The Balaban J connectivity index is 0.000000140. The summed E-state index contributed by atoms with van der Waals surface area (Å²) in [5.74, 6) is 0. The van der Waals surface area contributed by atoms with Gasteiger partial charge in [0, 0.05) is 21.6 Å². The lowest BCUT2D eigenvalue weighted by atomic mass is 9.77. The van der Waals surface area contributed by atoms with Gasteiger partial charge >= 0.3 is 0 Å². The second kappa shape index (κ2) is 25.1. The molecule has 22 rings (SSSR count). The molecule has 0 bridgehead atoms. The Morgan fingerprint density at radius 3 is 0.917 bits per heavy atom. The lowest BCUT2D eigenvalue weighted by Gasteiger charge is -2.26. The van der Waals surface area contributed by atoms with E-state index in [-0.39, 0.29) is 10.8 Å². The minimum Gasteiger partial charge on any atom is -0.456 e. The van der Waals surface area contributed by atoms with E-state index in [9.17, 15) is 0 Å². The van der Waals surface area contributed by atoms with E-state index >= 15 is 0 Å². The van der Waals surface area contributed by atoms with Crippen molar-refractivity contribution in [2.45, 2.75) is 38.5 Å². The zero-order valence-corrected chi connectivity index (χ0v) is 61.2. The summed E-state index contributed by atoms with van der Waals surface area (Å²) in [5, 5.41) is 17.7. The Labute approximate surface area is 634 Å². The number of rotatable bonds is 8. The summed E-state index contributed by atoms with van der Waals surface area (Å²) in [6, 6.07) is 139. The van der Waals surface area contributed by atoms with E-state index in [1.165, 1.54) is 198 Å². The van der Waals surface area contributed by atoms with E-state index in [0.29, 0.717) is 0 Å². The van der Waals surface area contributed by atoms with Crippen molar-refractivity contribution in [1.82, 2.24) is 0 Å². The summed E-state index contributed by atoms with van der Waals surface area (Å²) in [4.78, 5) is 0. The molecule has 1 heteroatoms. The quantitative estimate of drug-likeness (QED) is 0.138. The first-order valence-electron chi connectivity index (χ1n) is 38.2. The van der Waals surface area contributed by atoms with Crippen LogP contribution in [0.3, 0.4) is 0 Å². The fraction of sp³-hybridized carbons (Fsp3) is 0.0556. The van der Waals surface area contributed by atoms with Crippen molar-refractivity contribution in [3.05, 3.63) is 398 Å². The fourth-order valence-corrected chi connectivity index (χ4v) is 19.4. The van der Waals surface area contributed by atoms with E-state index in [0.717, 1.165) is 21.9 Å². The van der Waals surface area contributed by atoms with Crippen molar-refractivity contribution in [2.24, 2.45) is 0 Å². The molecule has 0 spiro atoms. The van der Waals surface area contributed by atoms with Gasteiger partial charge in [-0.3, -0.25) is 0 Å². The van der Waals surface area contributed by atoms with Gasteiger partial charge in [0.1, 0.15) is 11.2 Å². The third-order valence-electron chi connectivity index (χ3n) is 24.0. The highest BCUT2D eigenvalue weighted by Gasteiger charge is 2.41. The number of hydrogen-bond acceptors (Lipinski definition) is 1. The predicted molar refractivity (Wildman–Crippen MR) is 464 cm³/mol. The van der Waals surface area contributed by atoms with Gasteiger partial charge in [0.2, 0.25) is 0 Å². The van der Waals surface area contributed by atoms with Crippen molar-refractivity contribution < 1.29 is 4.42 Å². The van der Waals surface area contributed by atoms with Gasteiger partial charge in [0.25, 0.3) is 0 Å². The maximum Gasteiger partial charge on any atom is 0.135 e. The highest BCUT2D eigenvalue weighted by atomic mass is 16.3. The summed E-state index contributed by atoms with van der Waals surface area (Å²) < 4.78 is 6.12. The third-order valence-corrected chi connectivity index (χ3v) is 24.0. The van der Waals surface area contributed by atoms with Crippen LogP contribution in [0.2, 0.25) is 0 Å². The monoisotopic (exact) mass is 1390 g/mol. The van der Waals surface area contributed by atoms with Gasteiger partial charge < -0.3 is 4.42 Å². The van der Waals surface area contributed by atoms with Crippen molar-refractivity contribution in [3.8, 4) is 111 Å². The van der Waals surface area contributed by atoms with Gasteiger partial charge in [0.15, 0.2) is 0 Å². The SMILES string of the molecule is CC1(C)c2c(-c3cccc(-c4c5ccccc5c(-c5ccc(-c6ccc7oc8ccccc8c7c6)cc5)c5ccccc45)c3)cccc2-c2ccc3ccccc3c21.CC1(C)c2c(-c3cccc(-c4c5ccccc5c(-c5cccc(-c6ccccc6)c5)c5ccccc45)c3)cccc2-c2ccc3ccccc3c21. The van der Waals surface area contributed by atoms with Crippen molar-refractivity contribution in [1.29, 1.82) is 0 Å². The second-order valence-corrected chi connectivity index (χ2v) is 30.8. The molecule has 0 unspecified atom stereocenters. The molecule has 2 aliphatic rings. The summed E-state index contributed by atoms with van der Waals surface area (Å²) in [5.41, 5.74) is 32.6. The largest absolute Gasteiger partial charge is 0.456 e. The van der Waals surface area contributed by atoms with Gasteiger partial charge in [-0.2, -0.15) is 0 Å². The molecule has 109 heavy (non-hydrogen) atoms. The Hall–Kier alpha value is -13.5. The molecule has 0 saturated heterocycles. The van der Waals surface area contributed by atoms with Gasteiger partial charge in [-0.05, 0) is 235 Å². The zero-order valence-electron chi connectivity index (χ0n) is 61.2. The number of benzene rings is 19. The topological polar surface area (TPSA) is 13.1 Å². The summed E-state index contributed by atoms with van der Waals surface area (Å²) >= 11 is 0. The van der Waals surface area contributed by atoms with Crippen molar-refractivity contribution in [2.75, 3.05) is 0 Å². The molecular weight excluding hydrogens is 1310 g/mol. The molecule has 1 nitrogen and oxygen atoms in total. The van der Waals surface area contributed by atoms with Crippen LogP contribution in [0.15, 0.2) is 381 Å². The number of para-hydroxylation sites is 1. The van der Waals surface area contributed by atoms with Crippen LogP contribution in [0.25, 0.3) is 198 Å². The number of fused-ring (bicyclic) bond motifs is 17. The van der Waals surface area contributed by atoms with E-state index in [1.54, 1.807) is 0 Å². The molecule has 1 aromatic heterocycles. The second-order valence-electron chi connectivity index (χ2n) is 30.8. The van der Waals surface area contributed by atoms with Crippen LogP contribution >= 0.6 is 0 Å². The molecule has 1 heterocycles. The highest BCUT2D eigenvalue weighted by molar-refractivity contribution is 6.23. The minimum atomic E-state index is -0.158. The van der Waals surface area contributed by atoms with Crippen molar-refractivity contribution >= 4 is 86.6 Å². The number of hydrogen-bond donors (Lipinski definition) is 0. The molecule has 2 aliphatic carbocycles.